The summed E-state index contributed by atoms with van der Waals surface area (Å²) in [5.41, 5.74) is -0.304. The fourth-order valence-corrected chi connectivity index (χ4v) is 3.17. The minimum atomic E-state index is -0.304. The molecule has 1 saturated heterocycles. The van der Waals surface area contributed by atoms with Gasteiger partial charge in [0.1, 0.15) is 0 Å². The summed E-state index contributed by atoms with van der Waals surface area (Å²) in [6.45, 7) is 0.588. The van der Waals surface area contributed by atoms with Gasteiger partial charge >= 0.3 is 0 Å². The molecule has 0 aromatic rings. The third-order valence-corrected chi connectivity index (χ3v) is 4.38. The van der Waals surface area contributed by atoms with Gasteiger partial charge in [-0.05, 0) is 19.3 Å². The molecule has 1 saturated carbocycles. The molecule has 2 fully saturated rings. The van der Waals surface area contributed by atoms with Crippen molar-refractivity contribution in [1.29, 1.82) is 0 Å². The number of alkyl halides is 1. The van der Waals surface area contributed by atoms with Crippen molar-refractivity contribution in [3.63, 3.8) is 0 Å². The van der Waals surface area contributed by atoms with Gasteiger partial charge in [0.15, 0.2) is 0 Å². The van der Waals surface area contributed by atoms with Crippen molar-refractivity contribution in [3.8, 4) is 0 Å². The first kappa shape index (κ1) is 12.1. The molecular weight excluding hydrogens is 270 g/mol. The highest BCUT2D eigenvalue weighted by atomic mass is 79.9. The fourth-order valence-electron chi connectivity index (χ4n) is 2.92. The predicted octanol–water partition coefficient (Wildman–Crippen LogP) is 2.48. The Morgan fingerprint density at radius 1 is 1.19 bits per heavy atom. The number of amides is 2. The number of likely N-dealkylation sites (tertiary alicyclic amines) is 1. The molecule has 0 bridgehead atoms. The van der Waals surface area contributed by atoms with E-state index >= 15 is 0 Å². The van der Waals surface area contributed by atoms with E-state index in [1.165, 1.54) is 11.3 Å². The van der Waals surface area contributed by atoms with Crippen LogP contribution < -0.4 is 0 Å². The van der Waals surface area contributed by atoms with Crippen LogP contribution in [0.3, 0.4) is 0 Å². The van der Waals surface area contributed by atoms with Gasteiger partial charge in [-0.2, -0.15) is 0 Å². The van der Waals surface area contributed by atoms with Crippen LogP contribution in [0.5, 0.6) is 0 Å². The van der Waals surface area contributed by atoms with Gasteiger partial charge < -0.3 is 0 Å². The number of halogens is 1. The Hall–Kier alpha value is -0.380. The van der Waals surface area contributed by atoms with Crippen molar-refractivity contribution >= 4 is 27.7 Å². The largest absolute Gasteiger partial charge is 0.282 e. The standard InChI is InChI=1S/C12H18BrNO2/c13-7-4-8-14-10(15)9-12(11(14)16)5-2-1-3-6-12/h1-9H2. The third-order valence-electron chi connectivity index (χ3n) is 3.82. The molecule has 1 spiro atoms. The summed E-state index contributed by atoms with van der Waals surface area (Å²) >= 11 is 3.33. The van der Waals surface area contributed by atoms with Crippen molar-refractivity contribution < 1.29 is 9.59 Å². The Bertz CT molecular complexity index is 297. The van der Waals surface area contributed by atoms with Crippen LogP contribution in [0.25, 0.3) is 0 Å². The van der Waals surface area contributed by atoms with Crippen LogP contribution >= 0.6 is 15.9 Å². The number of carbonyl (C=O) groups is 2. The van der Waals surface area contributed by atoms with Crippen LogP contribution in [-0.2, 0) is 9.59 Å². The number of nitrogens with zero attached hydrogens (tertiary/aromatic N) is 1. The second kappa shape index (κ2) is 4.86. The smallest absolute Gasteiger partial charge is 0.235 e. The molecule has 0 aromatic carbocycles. The van der Waals surface area contributed by atoms with Crippen LogP contribution in [0.2, 0.25) is 0 Å². The lowest BCUT2D eigenvalue weighted by Crippen LogP contribution is -2.37. The van der Waals surface area contributed by atoms with Gasteiger partial charge in [0.05, 0.1) is 5.41 Å². The maximum absolute atomic E-state index is 12.3. The minimum absolute atomic E-state index is 0.0489. The summed E-state index contributed by atoms with van der Waals surface area (Å²) in [7, 11) is 0. The van der Waals surface area contributed by atoms with Crippen LogP contribution in [0.15, 0.2) is 0 Å². The van der Waals surface area contributed by atoms with E-state index in [2.05, 4.69) is 15.9 Å². The van der Waals surface area contributed by atoms with E-state index < -0.39 is 0 Å². The third kappa shape index (κ3) is 2.04. The summed E-state index contributed by atoms with van der Waals surface area (Å²) < 4.78 is 0. The molecule has 2 amide bonds. The highest BCUT2D eigenvalue weighted by Gasteiger charge is 2.50. The molecular formula is C12H18BrNO2. The summed E-state index contributed by atoms with van der Waals surface area (Å²) in [5, 5.41) is 0.844. The van der Waals surface area contributed by atoms with Gasteiger partial charge in [0.2, 0.25) is 11.8 Å². The zero-order valence-electron chi connectivity index (χ0n) is 9.51. The molecule has 0 N–H and O–H groups in total. The lowest BCUT2D eigenvalue weighted by atomic mass is 9.73. The number of hydrogen-bond acceptors (Lipinski definition) is 2. The average Bonchev–Trinajstić information content (AvgIpc) is 2.50. The first-order valence-corrected chi connectivity index (χ1v) is 7.22. The van der Waals surface area contributed by atoms with E-state index in [4.69, 9.17) is 0 Å². The maximum Gasteiger partial charge on any atom is 0.235 e. The quantitative estimate of drug-likeness (QED) is 0.591. The average molecular weight is 288 g/mol. The normalized spacial score (nSPS) is 24.4. The summed E-state index contributed by atoms with van der Waals surface area (Å²) in [6.07, 6.45) is 6.58. The number of imide groups is 1. The van der Waals surface area contributed by atoms with Crippen molar-refractivity contribution in [2.24, 2.45) is 5.41 Å². The van der Waals surface area contributed by atoms with Gasteiger partial charge in [0, 0.05) is 18.3 Å². The van der Waals surface area contributed by atoms with Crippen LogP contribution in [0.4, 0.5) is 0 Å². The van der Waals surface area contributed by atoms with Crippen molar-refractivity contribution in [3.05, 3.63) is 0 Å². The molecule has 0 aromatic heterocycles. The van der Waals surface area contributed by atoms with Crippen molar-refractivity contribution in [1.82, 2.24) is 4.90 Å². The van der Waals surface area contributed by atoms with E-state index in [-0.39, 0.29) is 17.2 Å². The van der Waals surface area contributed by atoms with E-state index in [0.717, 1.165) is 37.4 Å². The predicted molar refractivity (Wildman–Crippen MR) is 65.3 cm³/mol. The van der Waals surface area contributed by atoms with Crippen molar-refractivity contribution in [2.75, 3.05) is 11.9 Å². The van der Waals surface area contributed by atoms with Gasteiger partial charge in [-0.15, -0.1) is 0 Å². The molecule has 0 unspecified atom stereocenters. The first-order valence-electron chi connectivity index (χ1n) is 6.10. The Kier molecular flexibility index (Phi) is 3.67. The molecule has 2 rings (SSSR count). The molecule has 1 aliphatic heterocycles. The maximum atomic E-state index is 12.3. The lowest BCUT2D eigenvalue weighted by Gasteiger charge is -2.30. The zero-order chi connectivity index (χ0) is 11.6. The molecule has 1 aliphatic carbocycles. The molecule has 2 aliphatic rings. The zero-order valence-corrected chi connectivity index (χ0v) is 11.1. The number of carbonyl (C=O) groups excluding carboxylic acids is 2. The van der Waals surface area contributed by atoms with Crippen LogP contribution in [0, 0.1) is 5.41 Å². The van der Waals surface area contributed by atoms with Gasteiger partial charge in [-0.1, -0.05) is 35.2 Å². The summed E-state index contributed by atoms with van der Waals surface area (Å²) in [5.74, 6) is 0.158. The number of hydrogen-bond donors (Lipinski definition) is 0. The molecule has 16 heavy (non-hydrogen) atoms. The molecule has 4 heteroatoms. The van der Waals surface area contributed by atoms with E-state index in [1.54, 1.807) is 0 Å². The lowest BCUT2D eigenvalue weighted by molar-refractivity contribution is -0.142. The summed E-state index contributed by atoms with van der Waals surface area (Å²) in [4.78, 5) is 25.6. The Balaban J connectivity index is 2.08. The van der Waals surface area contributed by atoms with Gasteiger partial charge in [-0.3, -0.25) is 14.5 Å². The fraction of sp³-hybridized carbons (Fsp3) is 0.833. The summed E-state index contributed by atoms with van der Waals surface area (Å²) in [6, 6.07) is 0. The van der Waals surface area contributed by atoms with E-state index in [1.807, 2.05) is 0 Å². The molecule has 3 nitrogen and oxygen atoms in total. The SMILES string of the molecule is O=C1CC2(CCCCC2)C(=O)N1CCCBr. The number of rotatable bonds is 3. The Labute approximate surface area is 105 Å². The van der Waals surface area contributed by atoms with Gasteiger partial charge in [0.25, 0.3) is 0 Å². The minimum Gasteiger partial charge on any atom is -0.282 e. The van der Waals surface area contributed by atoms with E-state index in [9.17, 15) is 9.59 Å². The van der Waals surface area contributed by atoms with E-state index in [0.29, 0.717) is 13.0 Å². The topological polar surface area (TPSA) is 37.4 Å². The second-order valence-electron chi connectivity index (χ2n) is 4.91. The van der Waals surface area contributed by atoms with Crippen LogP contribution in [-0.4, -0.2) is 28.6 Å². The molecule has 90 valence electrons. The Morgan fingerprint density at radius 2 is 1.88 bits per heavy atom. The van der Waals surface area contributed by atoms with Crippen molar-refractivity contribution in [2.45, 2.75) is 44.9 Å². The second-order valence-corrected chi connectivity index (χ2v) is 5.70. The Morgan fingerprint density at radius 3 is 2.50 bits per heavy atom. The first-order chi connectivity index (χ1) is 7.69. The highest BCUT2D eigenvalue weighted by Crippen LogP contribution is 2.45. The van der Waals surface area contributed by atoms with Gasteiger partial charge in [-0.25, -0.2) is 0 Å². The monoisotopic (exact) mass is 287 g/mol. The molecule has 0 radical (unpaired) electrons. The highest BCUT2D eigenvalue weighted by molar-refractivity contribution is 9.09. The molecule has 0 atom stereocenters. The molecule has 1 heterocycles. The van der Waals surface area contributed by atoms with Crippen LogP contribution in [0.1, 0.15) is 44.9 Å².